The molecule has 3 aromatic carbocycles. The third-order valence-electron chi connectivity index (χ3n) is 4.64. The van der Waals surface area contributed by atoms with Crippen molar-refractivity contribution in [3.05, 3.63) is 95.3 Å². The number of hydrogen-bond donors (Lipinski definition) is 1. The summed E-state index contributed by atoms with van der Waals surface area (Å²) in [6.07, 6.45) is -1.11. The van der Waals surface area contributed by atoms with Gasteiger partial charge in [0.25, 0.3) is 5.91 Å². The minimum atomic E-state index is -1.11. The number of halogens is 1. The minimum absolute atomic E-state index is 0.109. The topological polar surface area (TPSA) is 80.6 Å². The Hall–Kier alpha value is -3.89. The Kier molecular flexibility index (Phi) is 8.18. The van der Waals surface area contributed by atoms with Crippen molar-refractivity contribution in [1.82, 2.24) is 5.32 Å². The number of nitrogens with one attached hydrogen (secondary N) is 1. The van der Waals surface area contributed by atoms with Crippen molar-refractivity contribution in [1.29, 1.82) is 5.26 Å². The first-order valence-corrected chi connectivity index (χ1v) is 10.0. The predicted octanol–water partition coefficient (Wildman–Crippen LogP) is 4.16. The van der Waals surface area contributed by atoms with E-state index >= 15 is 0 Å². The highest BCUT2D eigenvalue weighted by atomic mass is 19.1. The highest BCUT2D eigenvalue weighted by Gasteiger charge is 2.23. The lowest BCUT2D eigenvalue weighted by Crippen LogP contribution is -2.30. The molecule has 6 nitrogen and oxygen atoms in total. The van der Waals surface area contributed by atoms with Crippen LogP contribution in [-0.2, 0) is 16.1 Å². The first kappa shape index (κ1) is 22.8. The summed E-state index contributed by atoms with van der Waals surface area (Å²) in [5.41, 5.74) is 1.46. The number of nitrogens with zero attached hydrogens (tertiary/aromatic N) is 1. The van der Waals surface area contributed by atoms with E-state index in [9.17, 15) is 9.18 Å². The van der Waals surface area contributed by atoms with Gasteiger partial charge in [-0.1, -0.05) is 30.3 Å². The van der Waals surface area contributed by atoms with Crippen LogP contribution in [0.25, 0.3) is 0 Å². The molecule has 0 heterocycles. The van der Waals surface area contributed by atoms with E-state index in [2.05, 4.69) is 5.32 Å². The van der Waals surface area contributed by atoms with Crippen LogP contribution in [0.4, 0.5) is 4.39 Å². The maximum Gasteiger partial charge on any atom is 0.254 e. The van der Waals surface area contributed by atoms with Gasteiger partial charge in [-0.3, -0.25) is 4.79 Å². The standard InChI is InChI=1S/C25H23FN2O4/c1-30-24(25(29)28-17-19-9-7-18(16-27)8-10-19)22-12-11-21(15-23(22)26)32-14-13-31-20-5-3-2-4-6-20/h2-12,15,24H,13-14,17H2,1H3,(H,28,29). The fraction of sp³-hybridized carbons (Fsp3) is 0.200. The van der Waals surface area contributed by atoms with Gasteiger partial charge >= 0.3 is 0 Å². The maximum absolute atomic E-state index is 14.7. The van der Waals surface area contributed by atoms with Crippen LogP contribution in [0.2, 0.25) is 0 Å². The number of ether oxygens (including phenoxy) is 3. The molecule has 164 valence electrons. The van der Waals surface area contributed by atoms with E-state index in [0.717, 1.165) is 11.3 Å². The lowest BCUT2D eigenvalue weighted by Gasteiger charge is -2.17. The molecule has 3 aromatic rings. The average molecular weight is 434 g/mol. The lowest BCUT2D eigenvalue weighted by molar-refractivity contribution is -0.131. The smallest absolute Gasteiger partial charge is 0.254 e. The van der Waals surface area contributed by atoms with Gasteiger partial charge in [0.2, 0.25) is 0 Å². The number of hydrogen-bond acceptors (Lipinski definition) is 5. The third-order valence-corrected chi connectivity index (χ3v) is 4.64. The number of benzene rings is 3. The lowest BCUT2D eigenvalue weighted by atomic mass is 10.1. The molecule has 7 heteroatoms. The van der Waals surface area contributed by atoms with Crippen molar-refractivity contribution in [2.45, 2.75) is 12.6 Å². The van der Waals surface area contributed by atoms with Crippen molar-refractivity contribution in [3.63, 3.8) is 0 Å². The Morgan fingerprint density at radius 2 is 1.69 bits per heavy atom. The van der Waals surface area contributed by atoms with Crippen molar-refractivity contribution < 1.29 is 23.4 Å². The van der Waals surface area contributed by atoms with Crippen molar-refractivity contribution in [2.75, 3.05) is 20.3 Å². The molecule has 0 aliphatic carbocycles. The van der Waals surface area contributed by atoms with E-state index in [1.54, 1.807) is 30.3 Å². The zero-order chi connectivity index (χ0) is 22.8. The van der Waals surface area contributed by atoms with E-state index in [0.29, 0.717) is 17.9 Å². The van der Waals surface area contributed by atoms with Crippen molar-refractivity contribution in [2.24, 2.45) is 0 Å². The molecule has 0 saturated carbocycles. The number of para-hydroxylation sites is 1. The number of rotatable bonds is 10. The molecule has 1 atom stereocenters. The fourth-order valence-electron chi connectivity index (χ4n) is 3.00. The van der Waals surface area contributed by atoms with Crippen LogP contribution < -0.4 is 14.8 Å². The molecule has 1 N–H and O–H groups in total. The molecule has 0 bridgehead atoms. The summed E-state index contributed by atoms with van der Waals surface area (Å²) in [4.78, 5) is 12.6. The molecule has 1 unspecified atom stereocenters. The van der Waals surface area contributed by atoms with Crippen LogP contribution in [0.1, 0.15) is 22.8 Å². The minimum Gasteiger partial charge on any atom is -0.490 e. The fourth-order valence-corrected chi connectivity index (χ4v) is 3.00. The van der Waals surface area contributed by atoms with Gasteiger partial charge in [0, 0.05) is 25.3 Å². The van der Waals surface area contributed by atoms with Gasteiger partial charge < -0.3 is 19.5 Å². The maximum atomic E-state index is 14.7. The largest absolute Gasteiger partial charge is 0.490 e. The van der Waals surface area contributed by atoms with Gasteiger partial charge in [0.05, 0.1) is 11.6 Å². The summed E-state index contributed by atoms with van der Waals surface area (Å²) in [5, 5.41) is 11.6. The molecule has 0 spiro atoms. The summed E-state index contributed by atoms with van der Waals surface area (Å²) in [5.74, 6) is -0.0177. The van der Waals surface area contributed by atoms with Crippen LogP contribution in [0.15, 0.2) is 72.8 Å². The Bertz CT molecular complexity index is 1070. The summed E-state index contributed by atoms with van der Waals surface area (Å²) < 4.78 is 31.0. The molecular formula is C25H23FN2O4. The molecule has 0 aliphatic heterocycles. The van der Waals surface area contributed by atoms with Crippen LogP contribution in [-0.4, -0.2) is 26.2 Å². The molecule has 32 heavy (non-hydrogen) atoms. The molecule has 0 aliphatic rings. The number of nitriles is 1. The second-order valence-corrected chi connectivity index (χ2v) is 6.84. The average Bonchev–Trinajstić information content (AvgIpc) is 2.83. The normalized spacial score (nSPS) is 11.3. The van der Waals surface area contributed by atoms with E-state index in [-0.39, 0.29) is 18.7 Å². The van der Waals surface area contributed by atoms with Gasteiger partial charge in [-0.25, -0.2) is 4.39 Å². The van der Waals surface area contributed by atoms with Gasteiger partial charge in [0.15, 0.2) is 6.10 Å². The van der Waals surface area contributed by atoms with Crippen LogP contribution >= 0.6 is 0 Å². The molecule has 0 saturated heterocycles. The molecule has 0 aromatic heterocycles. The van der Waals surface area contributed by atoms with Crippen molar-refractivity contribution >= 4 is 5.91 Å². The summed E-state index contributed by atoms with van der Waals surface area (Å²) >= 11 is 0. The Morgan fingerprint density at radius 1 is 1.00 bits per heavy atom. The molecular weight excluding hydrogens is 411 g/mol. The van der Waals surface area contributed by atoms with E-state index in [1.807, 2.05) is 36.4 Å². The number of methoxy groups -OCH3 is 1. The summed E-state index contributed by atoms with van der Waals surface area (Å²) in [6.45, 7) is 0.785. The Balaban J connectivity index is 1.53. The SMILES string of the molecule is COC(C(=O)NCc1ccc(C#N)cc1)c1ccc(OCCOc2ccccc2)cc1F. The Morgan fingerprint density at radius 3 is 2.31 bits per heavy atom. The second-order valence-electron chi connectivity index (χ2n) is 6.84. The van der Waals surface area contributed by atoms with Gasteiger partial charge in [-0.05, 0) is 42.0 Å². The molecule has 0 fully saturated rings. The first-order chi connectivity index (χ1) is 15.6. The third kappa shape index (κ3) is 6.30. The summed E-state index contributed by atoms with van der Waals surface area (Å²) in [6, 6.07) is 22.5. The first-order valence-electron chi connectivity index (χ1n) is 10.0. The highest BCUT2D eigenvalue weighted by Crippen LogP contribution is 2.24. The predicted molar refractivity (Wildman–Crippen MR) is 117 cm³/mol. The molecule has 1 amide bonds. The van der Waals surface area contributed by atoms with Crippen molar-refractivity contribution in [3.8, 4) is 17.6 Å². The van der Waals surface area contributed by atoms with E-state index in [1.165, 1.54) is 19.2 Å². The molecule has 0 radical (unpaired) electrons. The summed E-state index contributed by atoms with van der Waals surface area (Å²) in [7, 11) is 1.34. The zero-order valence-electron chi connectivity index (χ0n) is 17.6. The van der Waals surface area contributed by atoms with E-state index < -0.39 is 17.8 Å². The Labute approximate surface area is 186 Å². The number of carbonyl (C=O) groups excluding carboxylic acids is 1. The van der Waals surface area contributed by atoms with Crippen LogP contribution in [0, 0.1) is 17.1 Å². The molecule has 3 rings (SSSR count). The quantitative estimate of drug-likeness (QED) is 0.485. The van der Waals surface area contributed by atoms with Gasteiger partial charge in [-0.2, -0.15) is 5.26 Å². The number of carbonyl (C=O) groups is 1. The van der Waals surface area contributed by atoms with Gasteiger partial charge in [0.1, 0.15) is 30.5 Å². The van der Waals surface area contributed by atoms with Crippen LogP contribution in [0.5, 0.6) is 11.5 Å². The monoisotopic (exact) mass is 434 g/mol. The van der Waals surface area contributed by atoms with E-state index in [4.69, 9.17) is 19.5 Å². The second kappa shape index (κ2) is 11.5. The van der Waals surface area contributed by atoms with Crippen LogP contribution in [0.3, 0.4) is 0 Å². The highest BCUT2D eigenvalue weighted by molar-refractivity contribution is 5.82. The number of amides is 1. The van der Waals surface area contributed by atoms with Gasteiger partial charge in [-0.15, -0.1) is 0 Å². The zero-order valence-corrected chi connectivity index (χ0v) is 17.6.